The van der Waals surface area contributed by atoms with Crippen molar-refractivity contribution in [2.75, 3.05) is 0 Å². The summed E-state index contributed by atoms with van der Waals surface area (Å²) in [5.41, 5.74) is 2.39. The van der Waals surface area contributed by atoms with E-state index in [4.69, 9.17) is 0 Å². The van der Waals surface area contributed by atoms with Gasteiger partial charge in [-0.05, 0) is 37.5 Å². The highest BCUT2D eigenvalue weighted by molar-refractivity contribution is 5.10. The van der Waals surface area contributed by atoms with Crippen LogP contribution in [0.1, 0.15) is 77.0 Å². The van der Waals surface area contributed by atoms with E-state index in [1.807, 2.05) is 12.2 Å². The number of unbranched alkanes of at least 4 members (excludes halogenated alkanes) is 2. The average Bonchev–Trinajstić information content (AvgIpc) is 2.56. The summed E-state index contributed by atoms with van der Waals surface area (Å²) in [6, 6.07) is 0. The first-order valence-electron chi connectivity index (χ1n) is 9.26. The molecule has 0 radical (unpaired) electrons. The quantitative estimate of drug-likeness (QED) is 0.260. The molecule has 0 aliphatic heterocycles. The lowest BCUT2D eigenvalue weighted by atomic mass is 9.78. The van der Waals surface area contributed by atoms with E-state index in [-0.39, 0.29) is 0 Å². The Labute approximate surface area is 139 Å². The van der Waals surface area contributed by atoms with Crippen molar-refractivity contribution in [3.8, 4) is 0 Å². The Balaban J connectivity index is 2.01. The van der Waals surface area contributed by atoms with Crippen molar-refractivity contribution in [3.05, 3.63) is 49.6 Å². The number of hydrogen-bond acceptors (Lipinski definition) is 0. The Morgan fingerprint density at radius 1 is 0.682 bits per heavy atom. The van der Waals surface area contributed by atoms with E-state index in [1.165, 1.54) is 75.4 Å². The van der Waals surface area contributed by atoms with E-state index >= 15 is 0 Å². The second-order valence-corrected chi connectivity index (χ2v) is 7.10. The third-order valence-corrected chi connectivity index (χ3v) is 5.26. The van der Waals surface area contributed by atoms with Gasteiger partial charge in [0.05, 0.1) is 0 Å². The Morgan fingerprint density at radius 2 is 1.05 bits per heavy atom. The summed E-state index contributed by atoms with van der Waals surface area (Å²) in [5.74, 6) is 1.99. The number of allylic oxidation sites excluding steroid dienone is 4. The van der Waals surface area contributed by atoms with Gasteiger partial charge >= 0.3 is 0 Å². The van der Waals surface area contributed by atoms with E-state index in [0.29, 0.717) is 0 Å². The van der Waals surface area contributed by atoms with E-state index in [2.05, 4.69) is 26.3 Å². The van der Waals surface area contributed by atoms with Crippen LogP contribution in [-0.2, 0) is 0 Å². The summed E-state index contributed by atoms with van der Waals surface area (Å²) >= 11 is 0. The molecule has 0 heterocycles. The molecule has 0 saturated heterocycles. The minimum atomic E-state index is 0.994. The van der Waals surface area contributed by atoms with Crippen LogP contribution < -0.4 is 0 Å². The first kappa shape index (κ1) is 19.0. The fourth-order valence-corrected chi connectivity index (χ4v) is 3.58. The van der Waals surface area contributed by atoms with Gasteiger partial charge < -0.3 is 0 Å². The zero-order chi connectivity index (χ0) is 16.2. The molecule has 0 aromatic heterocycles. The van der Waals surface area contributed by atoms with Crippen LogP contribution in [0.25, 0.3) is 0 Å². The first-order valence-corrected chi connectivity index (χ1v) is 9.26. The molecule has 1 rings (SSSR count). The number of hydrogen-bond donors (Lipinski definition) is 0. The van der Waals surface area contributed by atoms with Crippen molar-refractivity contribution in [1.29, 1.82) is 0 Å². The molecule has 22 heavy (non-hydrogen) atoms. The molecule has 0 N–H and O–H groups in total. The molecular formula is C22H36. The first-order chi connectivity index (χ1) is 10.7. The second-order valence-electron chi connectivity index (χ2n) is 7.10. The van der Waals surface area contributed by atoms with E-state index in [9.17, 15) is 0 Å². The fraction of sp³-hybridized carbons (Fsp3) is 0.636. The van der Waals surface area contributed by atoms with Gasteiger partial charge in [-0.2, -0.15) is 0 Å². The minimum Gasteiger partial charge on any atom is -0.0988 e. The largest absolute Gasteiger partial charge is 0.0988 e. The zero-order valence-electron chi connectivity index (χ0n) is 14.6. The molecular weight excluding hydrogens is 264 g/mol. The maximum absolute atomic E-state index is 3.99. The second kappa shape index (κ2) is 11.5. The molecule has 0 heteroatoms. The number of rotatable bonds is 12. The third kappa shape index (κ3) is 8.41. The van der Waals surface area contributed by atoms with Crippen molar-refractivity contribution in [1.82, 2.24) is 0 Å². The maximum atomic E-state index is 3.99. The van der Waals surface area contributed by atoms with Gasteiger partial charge in [0.25, 0.3) is 0 Å². The van der Waals surface area contributed by atoms with Gasteiger partial charge in [-0.3, -0.25) is 0 Å². The summed E-state index contributed by atoms with van der Waals surface area (Å²) in [6.07, 6.45) is 20.1. The molecule has 124 valence electrons. The van der Waals surface area contributed by atoms with E-state index in [1.54, 1.807) is 0 Å². The lowest BCUT2D eigenvalue weighted by Gasteiger charge is -2.28. The van der Waals surface area contributed by atoms with Crippen molar-refractivity contribution in [2.45, 2.75) is 77.0 Å². The molecule has 0 spiro atoms. The van der Waals surface area contributed by atoms with Crippen molar-refractivity contribution >= 4 is 0 Å². The van der Waals surface area contributed by atoms with E-state index < -0.39 is 0 Å². The van der Waals surface area contributed by atoms with Gasteiger partial charge in [0, 0.05) is 0 Å². The highest BCUT2D eigenvalue weighted by Crippen LogP contribution is 2.34. The molecule has 0 aromatic carbocycles. The smallest absolute Gasteiger partial charge is 0.0285 e. The van der Waals surface area contributed by atoms with Crippen LogP contribution in [0.2, 0.25) is 0 Å². The van der Waals surface area contributed by atoms with Gasteiger partial charge in [-0.15, -0.1) is 0 Å². The minimum absolute atomic E-state index is 0.994. The van der Waals surface area contributed by atoms with Gasteiger partial charge in [-0.1, -0.05) is 101 Å². The topological polar surface area (TPSA) is 0 Å². The predicted molar refractivity (Wildman–Crippen MR) is 101 cm³/mol. The lowest BCUT2D eigenvalue weighted by molar-refractivity contribution is 0.245. The van der Waals surface area contributed by atoms with Crippen LogP contribution in [0.15, 0.2) is 49.6 Å². The highest BCUT2D eigenvalue weighted by atomic mass is 14.3. The van der Waals surface area contributed by atoms with Gasteiger partial charge in [0.15, 0.2) is 0 Å². The van der Waals surface area contributed by atoms with Crippen LogP contribution in [0.4, 0.5) is 0 Å². The van der Waals surface area contributed by atoms with Crippen LogP contribution in [0.5, 0.6) is 0 Å². The van der Waals surface area contributed by atoms with Gasteiger partial charge in [-0.25, -0.2) is 0 Å². The zero-order valence-corrected chi connectivity index (χ0v) is 14.6. The van der Waals surface area contributed by atoms with Crippen molar-refractivity contribution in [3.63, 3.8) is 0 Å². The SMILES string of the molecule is C=CC(=C)CCCCC1CCC(CCCCC(=C)C=C)CC1. The highest BCUT2D eigenvalue weighted by Gasteiger charge is 2.20. The Bertz CT molecular complexity index is 316. The lowest BCUT2D eigenvalue weighted by Crippen LogP contribution is -2.14. The normalized spacial score (nSPS) is 21.3. The molecule has 0 unspecified atom stereocenters. The molecule has 1 aliphatic carbocycles. The Hall–Kier alpha value is -1.04. The van der Waals surface area contributed by atoms with Crippen molar-refractivity contribution < 1.29 is 0 Å². The molecule has 0 nitrogen and oxygen atoms in total. The van der Waals surface area contributed by atoms with Crippen LogP contribution in [0.3, 0.4) is 0 Å². The Morgan fingerprint density at radius 3 is 1.36 bits per heavy atom. The van der Waals surface area contributed by atoms with E-state index in [0.717, 1.165) is 24.7 Å². The molecule has 0 bridgehead atoms. The summed E-state index contributed by atoms with van der Waals surface area (Å²) in [7, 11) is 0. The predicted octanol–water partition coefficient (Wildman–Crippen LogP) is 7.40. The maximum Gasteiger partial charge on any atom is -0.0285 e. The summed E-state index contributed by atoms with van der Waals surface area (Å²) in [5, 5.41) is 0. The average molecular weight is 301 g/mol. The molecule has 1 fully saturated rings. The Kier molecular flexibility index (Phi) is 9.95. The molecule has 0 amide bonds. The molecule has 1 aliphatic rings. The summed E-state index contributed by atoms with van der Waals surface area (Å²) < 4.78 is 0. The molecule has 0 atom stereocenters. The molecule has 1 saturated carbocycles. The van der Waals surface area contributed by atoms with Crippen LogP contribution in [0, 0.1) is 11.8 Å². The monoisotopic (exact) mass is 300 g/mol. The third-order valence-electron chi connectivity index (χ3n) is 5.26. The summed E-state index contributed by atoms with van der Waals surface area (Å²) in [4.78, 5) is 0. The van der Waals surface area contributed by atoms with Gasteiger partial charge in [0.2, 0.25) is 0 Å². The standard InChI is InChI=1S/C22H36/c1-5-19(3)11-7-9-13-21-15-17-22(18-16-21)14-10-8-12-20(4)6-2/h5-6,21-22H,1-4,7-18H2. The van der Waals surface area contributed by atoms with Crippen LogP contribution in [-0.4, -0.2) is 0 Å². The fourth-order valence-electron chi connectivity index (χ4n) is 3.58. The van der Waals surface area contributed by atoms with Gasteiger partial charge in [0.1, 0.15) is 0 Å². The van der Waals surface area contributed by atoms with Crippen molar-refractivity contribution in [2.24, 2.45) is 11.8 Å². The summed E-state index contributed by atoms with van der Waals surface area (Å²) in [6.45, 7) is 15.5. The van der Waals surface area contributed by atoms with Crippen LogP contribution >= 0.6 is 0 Å². The molecule has 0 aromatic rings.